The molecule has 1 atom stereocenters. The molecule has 0 spiro atoms. The van der Waals surface area contributed by atoms with Crippen LogP contribution in [0.1, 0.15) is 17.8 Å². The maximum absolute atomic E-state index is 11.5. The van der Waals surface area contributed by atoms with E-state index < -0.39 is 10.0 Å². The van der Waals surface area contributed by atoms with Gasteiger partial charge in [-0.25, -0.2) is 12.7 Å². The molecular formula is C10H17ClN2O2S2. The lowest BCUT2D eigenvalue weighted by Crippen LogP contribution is -2.32. The van der Waals surface area contributed by atoms with Gasteiger partial charge in [0.05, 0.1) is 10.1 Å². The molecule has 1 heterocycles. The van der Waals surface area contributed by atoms with E-state index in [-0.39, 0.29) is 11.8 Å². The third kappa shape index (κ3) is 4.56. The molecule has 0 bridgehead atoms. The molecule has 0 aromatic carbocycles. The monoisotopic (exact) mass is 296 g/mol. The Morgan fingerprint density at radius 2 is 2.12 bits per heavy atom. The lowest BCUT2D eigenvalue weighted by molar-refractivity contribution is 0.513. The van der Waals surface area contributed by atoms with Crippen LogP contribution < -0.4 is 5.32 Å². The maximum Gasteiger partial charge on any atom is 0.214 e. The van der Waals surface area contributed by atoms with Gasteiger partial charge in [0.25, 0.3) is 0 Å². The molecule has 4 nitrogen and oxygen atoms in total. The van der Waals surface area contributed by atoms with Crippen molar-refractivity contribution in [1.29, 1.82) is 0 Å². The van der Waals surface area contributed by atoms with Gasteiger partial charge in [0.1, 0.15) is 0 Å². The summed E-state index contributed by atoms with van der Waals surface area (Å²) < 4.78 is 25.0. The van der Waals surface area contributed by atoms with E-state index in [0.29, 0.717) is 6.54 Å². The van der Waals surface area contributed by atoms with Crippen molar-refractivity contribution in [3.05, 3.63) is 21.3 Å². The number of thiophene rings is 1. The van der Waals surface area contributed by atoms with E-state index in [1.54, 1.807) is 0 Å². The Morgan fingerprint density at radius 1 is 1.47 bits per heavy atom. The molecule has 1 aromatic heterocycles. The third-order valence-electron chi connectivity index (χ3n) is 2.39. The predicted octanol–water partition coefficient (Wildman–Crippen LogP) is 1.94. The molecule has 0 saturated carbocycles. The molecule has 1 N–H and O–H groups in total. The van der Waals surface area contributed by atoms with Gasteiger partial charge >= 0.3 is 0 Å². The first-order valence-electron chi connectivity index (χ1n) is 5.22. The minimum Gasteiger partial charge on any atom is -0.308 e. The SMILES string of the molecule is CC(NCCS(=O)(=O)N(C)C)c1ccc(Cl)s1. The number of rotatable bonds is 6. The van der Waals surface area contributed by atoms with Crippen molar-refractivity contribution in [3.63, 3.8) is 0 Å². The van der Waals surface area contributed by atoms with Crippen LogP contribution in [0.15, 0.2) is 12.1 Å². The molecule has 7 heteroatoms. The third-order valence-corrected chi connectivity index (χ3v) is 5.63. The van der Waals surface area contributed by atoms with Crippen LogP contribution in [0.2, 0.25) is 4.34 Å². The second-order valence-corrected chi connectivity index (χ2v) is 7.97. The lowest BCUT2D eigenvalue weighted by Gasteiger charge is -2.14. The largest absolute Gasteiger partial charge is 0.308 e. The highest BCUT2D eigenvalue weighted by molar-refractivity contribution is 7.89. The fourth-order valence-electron chi connectivity index (χ4n) is 1.25. The van der Waals surface area contributed by atoms with Crippen molar-refractivity contribution < 1.29 is 8.42 Å². The first-order chi connectivity index (χ1) is 7.83. The predicted molar refractivity (Wildman–Crippen MR) is 73.2 cm³/mol. The van der Waals surface area contributed by atoms with Gasteiger partial charge in [0.2, 0.25) is 10.0 Å². The molecule has 0 fully saturated rings. The maximum atomic E-state index is 11.5. The van der Waals surface area contributed by atoms with E-state index in [2.05, 4.69) is 5.32 Å². The first-order valence-corrected chi connectivity index (χ1v) is 8.02. The molecule has 1 aromatic rings. The van der Waals surface area contributed by atoms with Crippen molar-refractivity contribution in [3.8, 4) is 0 Å². The normalized spacial score (nSPS) is 14.2. The van der Waals surface area contributed by atoms with E-state index >= 15 is 0 Å². The first kappa shape index (κ1) is 14.9. The zero-order valence-electron chi connectivity index (χ0n) is 10.1. The summed E-state index contributed by atoms with van der Waals surface area (Å²) in [6.07, 6.45) is 0. The fraction of sp³-hybridized carbons (Fsp3) is 0.600. The quantitative estimate of drug-likeness (QED) is 0.873. The topological polar surface area (TPSA) is 49.4 Å². The average Bonchev–Trinajstić information content (AvgIpc) is 2.64. The number of hydrogen-bond acceptors (Lipinski definition) is 4. The lowest BCUT2D eigenvalue weighted by atomic mass is 10.3. The molecule has 0 radical (unpaired) electrons. The van der Waals surface area contributed by atoms with Crippen molar-refractivity contribution in [2.75, 3.05) is 26.4 Å². The molecule has 17 heavy (non-hydrogen) atoms. The van der Waals surface area contributed by atoms with E-state index in [9.17, 15) is 8.42 Å². The molecule has 0 amide bonds. The summed E-state index contributed by atoms with van der Waals surface area (Å²) in [5.41, 5.74) is 0. The van der Waals surface area contributed by atoms with Crippen LogP contribution in [0.3, 0.4) is 0 Å². The van der Waals surface area contributed by atoms with E-state index in [1.165, 1.54) is 29.7 Å². The Morgan fingerprint density at radius 3 is 2.59 bits per heavy atom. The Kier molecular flexibility index (Phi) is 5.40. The Balaban J connectivity index is 2.42. The molecule has 0 aliphatic rings. The van der Waals surface area contributed by atoms with Gasteiger partial charge in [-0.2, -0.15) is 0 Å². The number of nitrogens with one attached hydrogen (secondary N) is 1. The molecule has 98 valence electrons. The van der Waals surface area contributed by atoms with Crippen molar-refractivity contribution in [2.45, 2.75) is 13.0 Å². The number of sulfonamides is 1. The smallest absolute Gasteiger partial charge is 0.214 e. The summed E-state index contributed by atoms with van der Waals surface area (Å²) >= 11 is 7.34. The summed E-state index contributed by atoms with van der Waals surface area (Å²) in [4.78, 5) is 1.11. The Hall–Kier alpha value is -0.140. The number of nitrogens with zero attached hydrogens (tertiary/aromatic N) is 1. The summed E-state index contributed by atoms with van der Waals surface area (Å²) in [5, 5.41) is 3.17. The summed E-state index contributed by atoms with van der Waals surface area (Å²) in [5.74, 6) is 0.101. The second kappa shape index (κ2) is 6.15. The average molecular weight is 297 g/mol. The van der Waals surface area contributed by atoms with Gasteiger partial charge in [0.15, 0.2) is 0 Å². The molecule has 1 rings (SSSR count). The van der Waals surface area contributed by atoms with Crippen LogP contribution in [-0.2, 0) is 10.0 Å². The van der Waals surface area contributed by atoms with Gasteiger partial charge in [-0.05, 0) is 19.1 Å². The Labute approximate surface area is 112 Å². The highest BCUT2D eigenvalue weighted by Gasteiger charge is 2.14. The molecule has 0 aliphatic carbocycles. The van der Waals surface area contributed by atoms with Crippen molar-refractivity contribution >= 4 is 33.0 Å². The van der Waals surface area contributed by atoms with E-state index in [4.69, 9.17) is 11.6 Å². The van der Waals surface area contributed by atoms with Crippen molar-refractivity contribution in [1.82, 2.24) is 9.62 Å². The van der Waals surface area contributed by atoms with Crippen LogP contribution in [-0.4, -0.2) is 39.1 Å². The number of hydrogen-bond donors (Lipinski definition) is 1. The fourth-order valence-corrected chi connectivity index (χ4v) is 3.08. The summed E-state index contributed by atoms with van der Waals surface area (Å²) in [7, 11) is -0.0437. The standard InChI is InChI=1S/C10H17ClN2O2S2/c1-8(9-4-5-10(11)16-9)12-6-7-17(14,15)13(2)3/h4-5,8,12H,6-7H2,1-3H3. The van der Waals surface area contributed by atoms with Crippen LogP contribution in [0.5, 0.6) is 0 Å². The summed E-state index contributed by atoms with van der Waals surface area (Å²) in [6.45, 7) is 2.42. The van der Waals surface area contributed by atoms with Gasteiger partial charge in [-0.1, -0.05) is 11.6 Å². The van der Waals surface area contributed by atoms with Crippen LogP contribution in [0.4, 0.5) is 0 Å². The van der Waals surface area contributed by atoms with E-state index in [1.807, 2.05) is 19.1 Å². The molecular weight excluding hydrogens is 280 g/mol. The molecule has 1 unspecified atom stereocenters. The minimum atomic E-state index is -3.12. The second-order valence-electron chi connectivity index (χ2n) is 3.92. The summed E-state index contributed by atoms with van der Waals surface area (Å²) in [6, 6.07) is 3.91. The van der Waals surface area contributed by atoms with Crippen molar-refractivity contribution in [2.24, 2.45) is 0 Å². The number of halogens is 1. The highest BCUT2D eigenvalue weighted by atomic mass is 35.5. The van der Waals surface area contributed by atoms with Gasteiger partial charge < -0.3 is 5.32 Å². The zero-order valence-corrected chi connectivity index (χ0v) is 12.5. The van der Waals surface area contributed by atoms with Crippen LogP contribution >= 0.6 is 22.9 Å². The van der Waals surface area contributed by atoms with Crippen LogP contribution in [0.25, 0.3) is 0 Å². The van der Waals surface area contributed by atoms with Gasteiger partial charge in [-0.3, -0.25) is 0 Å². The van der Waals surface area contributed by atoms with Gasteiger partial charge in [0, 0.05) is 31.6 Å². The minimum absolute atomic E-state index is 0.101. The molecule has 0 saturated heterocycles. The van der Waals surface area contributed by atoms with E-state index in [0.717, 1.165) is 9.21 Å². The van der Waals surface area contributed by atoms with Crippen LogP contribution in [0, 0.1) is 0 Å². The molecule has 0 aliphatic heterocycles. The van der Waals surface area contributed by atoms with Gasteiger partial charge in [-0.15, -0.1) is 11.3 Å². The highest BCUT2D eigenvalue weighted by Crippen LogP contribution is 2.26. The Bertz CT molecular complexity index is 457. The zero-order chi connectivity index (χ0) is 13.1.